The van der Waals surface area contributed by atoms with Gasteiger partial charge in [-0.05, 0) is 48.6 Å². The van der Waals surface area contributed by atoms with Crippen LogP contribution in [-0.4, -0.2) is 22.0 Å². The minimum Gasteiger partial charge on any atom is -0.398 e. The van der Waals surface area contributed by atoms with Crippen LogP contribution in [0.4, 0.5) is 21.5 Å². The minimum atomic E-state index is -3.56. The summed E-state index contributed by atoms with van der Waals surface area (Å²) in [7, 11) is -2.03. The number of hydrogen-bond acceptors (Lipinski definition) is 3. The van der Waals surface area contributed by atoms with Crippen molar-refractivity contribution in [3.05, 3.63) is 42.2 Å². The van der Waals surface area contributed by atoms with E-state index in [2.05, 4.69) is 0 Å². The van der Waals surface area contributed by atoms with Gasteiger partial charge in [0.1, 0.15) is 5.82 Å². The first kappa shape index (κ1) is 15.3. The molecule has 0 amide bonds. The van der Waals surface area contributed by atoms with Crippen molar-refractivity contribution in [1.82, 2.24) is 0 Å². The molecule has 1 heterocycles. The molecule has 126 valence electrons. The van der Waals surface area contributed by atoms with E-state index in [9.17, 15) is 12.8 Å². The lowest BCUT2D eigenvalue weighted by Crippen LogP contribution is -2.36. The molecule has 0 radical (unpaired) electrons. The molecule has 2 N–H and O–H groups in total. The van der Waals surface area contributed by atoms with Gasteiger partial charge in [-0.2, -0.15) is 8.42 Å². The van der Waals surface area contributed by atoms with Crippen LogP contribution in [0.25, 0.3) is 11.1 Å². The molecule has 24 heavy (non-hydrogen) atoms. The predicted molar refractivity (Wildman–Crippen MR) is 93.6 cm³/mol. The highest BCUT2D eigenvalue weighted by Crippen LogP contribution is 2.45. The van der Waals surface area contributed by atoms with E-state index in [1.807, 2.05) is 0 Å². The first-order chi connectivity index (χ1) is 11.4. The van der Waals surface area contributed by atoms with Gasteiger partial charge in [-0.1, -0.05) is 12.1 Å². The van der Waals surface area contributed by atoms with E-state index in [-0.39, 0.29) is 0 Å². The van der Waals surface area contributed by atoms with Crippen LogP contribution in [0.15, 0.2) is 36.4 Å². The second-order valence-corrected chi connectivity index (χ2v) is 8.24. The van der Waals surface area contributed by atoms with Crippen molar-refractivity contribution in [2.24, 2.45) is 5.92 Å². The molecular formula is C17H18FN3O2S. The Balaban J connectivity index is 1.83. The third-order valence-electron chi connectivity index (χ3n) is 4.66. The summed E-state index contributed by atoms with van der Waals surface area (Å²) >= 11 is 0. The zero-order valence-corrected chi connectivity index (χ0v) is 14.1. The molecule has 2 aromatic carbocycles. The minimum absolute atomic E-state index is 0.298. The van der Waals surface area contributed by atoms with Gasteiger partial charge < -0.3 is 5.73 Å². The van der Waals surface area contributed by atoms with Crippen LogP contribution in [-0.2, 0) is 10.2 Å². The number of nitrogen functional groups attached to an aromatic ring is 1. The van der Waals surface area contributed by atoms with E-state index >= 15 is 0 Å². The fourth-order valence-corrected chi connectivity index (χ4v) is 4.60. The molecule has 0 bridgehead atoms. The molecule has 1 saturated carbocycles. The number of benzene rings is 2. The molecule has 1 aliphatic heterocycles. The van der Waals surface area contributed by atoms with Crippen molar-refractivity contribution in [1.29, 1.82) is 0 Å². The van der Waals surface area contributed by atoms with Gasteiger partial charge in [0.25, 0.3) is 0 Å². The average Bonchev–Trinajstić information content (AvgIpc) is 3.33. The van der Waals surface area contributed by atoms with E-state index in [0.717, 1.165) is 12.8 Å². The molecule has 1 aliphatic carbocycles. The quantitative estimate of drug-likeness (QED) is 0.868. The molecule has 5 nitrogen and oxygen atoms in total. The van der Waals surface area contributed by atoms with Crippen LogP contribution < -0.4 is 14.3 Å². The largest absolute Gasteiger partial charge is 0.398 e. The van der Waals surface area contributed by atoms with Gasteiger partial charge in [0, 0.05) is 24.8 Å². The number of fused-ring (bicyclic) bond motifs is 1. The van der Waals surface area contributed by atoms with E-state index in [4.69, 9.17) is 5.73 Å². The molecule has 0 atom stereocenters. The highest BCUT2D eigenvalue weighted by atomic mass is 32.2. The molecule has 0 saturated heterocycles. The average molecular weight is 347 g/mol. The maximum Gasteiger partial charge on any atom is 0.326 e. The summed E-state index contributed by atoms with van der Waals surface area (Å²) in [5, 5.41) is 0. The second-order valence-electron chi connectivity index (χ2n) is 6.36. The number of nitrogens with zero attached hydrogens (tertiary/aromatic N) is 2. The van der Waals surface area contributed by atoms with Gasteiger partial charge in [-0.3, -0.25) is 8.61 Å². The Morgan fingerprint density at radius 3 is 2.62 bits per heavy atom. The molecule has 0 spiro atoms. The SMILES string of the molecule is CN1c2cc(-c3c(N)cccc3F)ccc2N(CC2CC2)S1(=O)=O. The number of nitrogens with two attached hydrogens (primary N) is 1. The molecule has 2 aromatic rings. The van der Waals surface area contributed by atoms with Crippen molar-refractivity contribution in [2.75, 3.05) is 27.9 Å². The highest BCUT2D eigenvalue weighted by Gasteiger charge is 2.41. The number of halogens is 1. The predicted octanol–water partition coefficient (Wildman–Crippen LogP) is 2.99. The fourth-order valence-electron chi connectivity index (χ4n) is 3.11. The lowest BCUT2D eigenvalue weighted by Gasteiger charge is -2.18. The molecule has 0 aromatic heterocycles. The first-order valence-electron chi connectivity index (χ1n) is 7.84. The standard InChI is InChI=1S/C17H18FN3O2S/c1-20-16-9-12(17-13(18)3-2-4-14(17)19)7-8-15(16)21(24(20,22)23)10-11-5-6-11/h2-4,7-9,11H,5-6,10,19H2,1H3. The lowest BCUT2D eigenvalue weighted by molar-refractivity contribution is 0.590. The number of anilines is 3. The van der Waals surface area contributed by atoms with Crippen LogP contribution in [0.1, 0.15) is 12.8 Å². The number of hydrogen-bond donors (Lipinski definition) is 1. The molecule has 7 heteroatoms. The summed E-state index contributed by atoms with van der Waals surface area (Å²) in [5.41, 5.74) is 8.29. The van der Waals surface area contributed by atoms with Crippen LogP contribution >= 0.6 is 0 Å². The van der Waals surface area contributed by atoms with Crippen molar-refractivity contribution in [3.63, 3.8) is 0 Å². The fraction of sp³-hybridized carbons (Fsp3) is 0.294. The summed E-state index contributed by atoms with van der Waals surface area (Å²) < 4.78 is 42.2. The topological polar surface area (TPSA) is 66.6 Å². The lowest BCUT2D eigenvalue weighted by atomic mass is 10.0. The van der Waals surface area contributed by atoms with Gasteiger partial charge in [0.2, 0.25) is 0 Å². The Kier molecular flexibility index (Phi) is 3.25. The molecule has 0 unspecified atom stereocenters. The van der Waals surface area contributed by atoms with Crippen LogP contribution in [0.5, 0.6) is 0 Å². The summed E-state index contributed by atoms with van der Waals surface area (Å²) in [6, 6.07) is 9.68. The highest BCUT2D eigenvalue weighted by molar-refractivity contribution is 7.94. The normalized spacial score (nSPS) is 18.8. The van der Waals surface area contributed by atoms with Crippen LogP contribution in [0.3, 0.4) is 0 Å². The second kappa shape index (κ2) is 5.11. The zero-order valence-electron chi connectivity index (χ0n) is 13.2. The Morgan fingerprint density at radius 2 is 1.96 bits per heavy atom. The Bertz CT molecular complexity index is 905. The molecule has 1 fully saturated rings. The van der Waals surface area contributed by atoms with Crippen LogP contribution in [0, 0.1) is 11.7 Å². The van der Waals surface area contributed by atoms with Gasteiger partial charge in [0.05, 0.1) is 11.4 Å². The van der Waals surface area contributed by atoms with Crippen LogP contribution in [0.2, 0.25) is 0 Å². The number of rotatable bonds is 3. The van der Waals surface area contributed by atoms with E-state index in [0.29, 0.717) is 40.7 Å². The van der Waals surface area contributed by atoms with E-state index in [1.165, 1.54) is 21.7 Å². The van der Waals surface area contributed by atoms with Gasteiger partial charge in [-0.15, -0.1) is 0 Å². The summed E-state index contributed by atoms with van der Waals surface area (Å²) in [6.45, 7) is 0.501. The van der Waals surface area contributed by atoms with Gasteiger partial charge in [-0.25, -0.2) is 4.39 Å². The van der Waals surface area contributed by atoms with Crippen molar-refractivity contribution in [3.8, 4) is 11.1 Å². The first-order valence-corrected chi connectivity index (χ1v) is 9.24. The Hall–Kier alpha value is -2.28. The van der Waals surface area contributed by atoms with E-state index in [1.54, 1.807) is 30.3 Å². The third kappa shape index (κ3) is 2.23. The van der Waals surface area contributed by atoms with Crippen molar-refractivity contribution < 1.29 is 12.8 Å². The zero-order chi connectivity index (χ0) is 17.1. The summed E-state index contributed by atoms with van der Waals surface area (Å²) in [5.74, 6) is 0.00862. The summed E-state index contributed by atoms with van der Waals surface area (Å²) in [6.07, 6.45) is 2.13. The molecule has 2 aliphatic rings. The third-order valence-corrected chi connectivity index (χ3v) is 6.46. The van der Waals surface area contributed by atoms with E-state index < -0.39 is 16.0 Å². The molecule has 4 rings (SSSR count). The van der Waals surface area contributed by atoms with Gasteiger partial charge in [0.15, 0.2) is 0 Å². The maximum absolute atomic E-state index is 14.2. The molecular weight excluding hydrogens is 329 g/mol. The van der Waals surface area contributed by atoms with Gasteiger partial charge >= 0.3 is 10.2 Å². The monoisotopic (exact) mass is 347 g/mol. The van der Waals surface area contributed by atoms with Crippen molar-refractivity contribution >= 4 is 27.3 Å². The van der Waals surface area contributed by atoms with Crippen molar-refractivity contribution in [2.45, 2.75) is 12.8 Å². The maximum atomic E-state index is 14.2. The summed E-state index contributed by atoms with van der Waals surface area (Å²) in [4.78, 5) is 0. The Labute approximate surface area is 140 Å². The smallest absolute Gasteiger partial charge is 0.326 e. The Morgan fingerprint density at radius 1 is 1.21 bits per heavy atom.